The number of aliphatic hydroxyl groups is 2. The second kappa shape index (κ2) is 17.8. The van der Waals surface area contributed by atoms with E-state index in [1.807, 2.05) is 7.05 Å². The summed E-state index contributed by atoms with van der Waals surface area (Å²) < 4.78 is 23.4. The summed E-state index contributed by atoms with van der Waals surface area (Å²) in [7, 11) is 3.42. The van der Waals surface area contributed by atoms with Crippen molar-refractivity contribution in [2.75, 3.05) is 45.7 Å². The van der Waals surface area contributed by atoms with Crippen LogP contribution in [0.5, 0.6) is 23.0 Å². The summed E-state index contributed by atoms with van der Waals surface area (Å²) in [5, 5.41) is 66.2. The Kier molecular flexibility index (Phi) is 13.5. The summed E-state index contributed by atoms with van der Waals surface area (Å²) in [6.07, 6.45) is 4.84. The van der Waals surface area contributed by atoms with Crippen molar-refractivity contribution in [1.82, 2.24) is 9.91 Å². The highest BCUT2D eigenvalue weighted by atomic mass is 16.7. The number of hydrogen-bond donors (Lipinski definition) is 6. The fourth-order valence-electron chi connectivity index (χ4n) is 7.71. The lowest BCUT2D eigenvalue weighted by Gasteiger charge is -2.38. The fraction of sp³-hybridized carbons (Fsp3) is 0.524. The van der Waals surface area contributed by atoms with E-state index < -0.39 is 88.8 Å². The lowest BCUT2D eigenvalue weighted by molar-refractivity contribution is -0.160. The number of phenols is 3. The molecule has 58 heavy (non-hydrogen) atoms. The molecule has 1 amide bonds. The van der Waals surface area contributed by atoms with E-state index in [2.05, 4.69) is 15.3 Å². The summed E-state index contributed by atoms with van der Waals surface area (Å²) in [5.74, 6) is -8.44. The van der Waals surface area contributed by atoms with Gasteiger partial charge < -0.3 is 54.7 Å². The monoisotopic (exact) mass is 808 g/mol. The van der Waals surface area contributed by atoms with Gasteiger partial charge in [-0.25, -0.2) is 0 Å². The highest BCUT2D eigenvalue weighted by Crippen LogP contribution is 2.53. The zero-order valence-corrected chi connectivity index (χ0v) is 34.4. The van der Waals surface area contributed by atoms with Crippen LogP contribution in [0.3, 0.4) is 0 Å². The first-order valence-corrected chi connectivity index (χ1v) is 19.4. The normalized spacial score (nSPS) is 32.4. The van der Waals surface area contributed by atoms with Gasteiger partial charge in [-0.2, -0.15) is 5.10 Å². The summed E-state index contributed by atoms with van der Waals surface area (Å²) in [4.78, 5) is 42.4. The molecule has 1 fully saturated rings. The van der Waals surface area contributed by atoms with Gasteiger partial charge in [0.2, 0.25) is 0 Å². The maximum absolute atomic E-state index is 14.3. The molecule has 0 aliphatic carbocycles. The minimum atomic E-state index is -2.03. The van der Waals surface area contributed by atoms with Gasteiger partial charge in [0.1, 0.15) is 23.4 Å². The number of methoxy groups -OCH3 is 1. The highest BCUT2D eigenvalue weighted by molar-refractivity contribution is 6.23. The zero-order valence-electron chi connectivity index (χ0n) is 34.4. The molecule has 316 valence electrons. The number of aliphatic hydroxyl groups excluding tert-OH is 2. The number of anilines is 1. The second-order valence-corrected chi connectivity index (χ2v) is 15.7. The van der Waals surface area contributed by atoms with E-state index in [0.29, 0.717) is 13.1 Å². The Labute approximate surface area is 338 Å². The van der Waals surface area contributed by atoms with Gasteiger partial charge >= 0.3 is 11.8 Å². The first-order valence-electron chi connectivity index (χ1n) is 19.4. The van der Waals surface area contributed by atoms with E-state index in [1.54, 1.807) is 44.9 Å². The first-order chi connectivity index (χ1) is 27.3. The van der Waals surface area contributed by atoms with Crippen molar-refractivity contribution in [1.29, 1.82) is 0 Å². The number of allylic oxidation sites excluding steroid dienone is 2. The lowest BCUT2D eigenvalue weighted by Crippen LogP contribution is -2.46. The molecular weight excluding hydrogens is 752 g/mol. The van der Waals surface area contributed by atoms with Gasteiger partial charge in [-0.3, -0.25) is 19.4 Å². The van der Waals surface area contributed by atoms with E-state index in [-0.39, 0.29) is 38.9 Å². The summed E-state index contributed by atoms with van der Waals surface area (Å²) >= 11 is 0. The van der Waals surface area contributed by atoms with E-state index in [9.17, 15) is 39.9 Å². The number of hydrazone groups is 1. The highest BCUT2D eigenvalue weighted by Gasteiger charge is 2.49. The number of piperazine rings is 1. The van der Waals surface area contributed by atoms with Crippen molar-refractivity contribution in [3.63, 3.8) is 0 Å². The number of nitrogens with one attached hydrogen (secondary N) is 1. The molecule has 16 heteroatoms. The average molecular weight is 809 g/mol. The molecule has 5 bridgehead atoms. The number of fused-ring (bicyclic) bond motifs is 14. The third-order valence-electron chi connectivity index (χ3n) is 11.5. The van der Waals surface area contributed by atoms with Crippen LogP contribution in [0.25, 0.3) is 10.8 Å². The van der Waals surface area contributed by atoms with Crippen LogP contribution in [0.4, 0.5) is 5.69 Å². The van der Waals surface area contributed by atoms with Crippen LogP contribution in [-0.2, 0) is 23.8 Å². The van der Waals surface area contributed by atoms with E-state index in [4.69, 9.17) is 18.9 Å². The van der Waals surface area contributed by atoms with E-state index >= 15 is 0 Å². The molecule has 6 rings (SSSR count). The number of aromatic hydroxyl groups is 3. The molecule has 1 saturated heterocycles. The molecule has 2 aromatic rings. The zero-order chi connectivity index (χ0) is 42.8. The summed E-state index contributed by atoms with van der Waals surface area (Å²) in [6, 6.07) is 1.11. The number of likely N-dealkylation sites (N-methyl/N-ethyl adjacent to an activating group) is 1. The van der Waals surface area contributed by atoms with Crippen LogP contribution in [0, 0.1) is 23.7 Å². The predicted molar refractivity (Wildman–Crippen MR) is 216 cm³/mol. The molecule has 0 aromatic heterocycles. The predicted octanol–water partition coefficient (Wildman–Crippen LogP) is 4.03. The van der Waals surface area contributed by atoms with Gasteiger partial charge in [-0.15, -0.1) is 0 Å². The Bertz CT molecular complexity index is 2020. The Morgan fingerprint density at radius 1 is 0.983 bits per heavy atom. The molecule has 9 atom stereocenters. The van der Waals surface area contributed by atoms with E-state index in [0.717, 1.165) is 19.2 Å². The Morgan fingerprint density at radius 3 is 2.29 bits per heavy atom. The number of Topliss-reactive ketones (excluding diaryl/α,β-unsaturated/α-hetero) is 1. The molecule has 4 aliphatic rings. The van der Waals surface area contributed by atoms with Crippen LogP contribution in [0.1, 0.15) is 64.4 Å². The van der Waals surface area contributed by atoms with Crippen molar-refractivity contribution < 1.29 is 58.9 Å². The average Bonchev–Trinajstić information content (AvgIpc) is 3.43. The van der Waals surface area contributed by atoms with Crippen molar-refractivity contribution in [2.24, 2.45) is 28.8 Å². The number of carbonyl (C=O) groups is 3. The van der Waals surface area contributed by atoms with Crippen molar-refractivity contribution >= 4 is 40.3 Å². The fourth-order valence-corrected chi connectivity index (χ4v) is 7.71. The van der Waals surface area contributed by atoms with Crippen LogP contribution in [0.2, 0.25) is 0 Å². The van der Waals surface area contributed by atoms with Crippen LogP contribution in [0.15, 0.2) is 47.3 Å². The minimum absolute atomic E-state index is 0.136. The maximum Gasteiger partial charge on any atom is 0.312 e. The first kappa shape index (κ1) is 44.0. The standard InChI is InChI=1S/C42H56N4O12/c1-21-11-10-12-22(2)41(54)44-34-27(20-43-46-16-14-45(8)15-17-46)37(51)33-31(38(34)52)28(48)19-30-32(33)40(53)42(7,58-30)56-18-13-29(55-9)23(3)39(57-26(6)47)25(5)36(50)24(4)35(21)49/h10-13,18-21,23-25,29,35-36,39,48-52H,14-17H2,1-9H3,(H,44,54)/b11-10+,18-13+,22-12-,43-20-/t21-,23-,24-,25-,29+,35+,36+,39-,42+/m1/s1. The number of benzene rings is 2. The smallest absolute Gasteiger partial charge is 0.312 e. The molecule has 4 aliphatic heterocycles. The number of ether oxygens (including phenoxy) is 4. The number of amides is 1. The largest absolute Gasteiger partial charge is 0.507 e. The number of hydrogen-bond acceptors (Lipinski definition) is 15. The van der Waals surface area contributed by atoms with Crippen LogP contribution < -0.4 is 10.1 Å². The number of esters is 1. The third kappa shape index (κ3) is 8.79. The molecule has 2 aromatic carbocycles. The SMILES string of the molecule is CO[C@H]1/C=C/O[C@@]2(C)Oc3cc(O)c4c(O)c(c(/C=N\N5CCN(C)CC5)c(O)c4c3C2=O)NC(=O)/C(C)=C\C=C\[C@@H](C)[C@H](O)[C@@H](C)[C@H](O)[C@@H](C)[C@H](OC(C)=O)[C@@H]1C. The maximum atomic E-state index is 14.3. The number of ketones is 1. The van der Waals surface area contributed by atoms with Crippen molar-refractivity contribution in [2.45, 2.75) is 78.7 Å². The molecule has 16 nitrogen and oxygen atoms in total. The van der Waals surface area contributed by atoms with Gasteiger partial charge in [0.25, 0.3) is 11.7 Å². The molecule has 0 radical (unpaired) electrons. The van der Waals surface area contributed by atoms with Gasteiger partial charge in [0.05, 0.1) is 53.0 Å². The number of nitrogens with zero attached hydrogens (tertiary/aromatic N) is 3. The van der Waals surface area contributed by atoms with Crippen molar-refractivity contribution in [3.05, 3.63) is 53.3 Å². The van der Waals surface area contributed by atoms with Gasteiger partial charge in [0, 0.05) is 87.8 Å². The minimum Gasteiger partial charge on any atom is -0.507 e. The third-order valence-corrected chi connectivity index (χ3v) is 11.5. The van der Waals surface area contributed by atoms with Gasteiger partial charge in [0.15, 0.2) is 5.75 Å². The number of rotatable bonds is 4. The molecule has 0 saturated carbocycles. The Balaban J connectivity index is 1.68. The molecule has 0 unspecified atom stereocenters. The molecule has 0 spiro atoms. The Morgan fingerprint density at radius 2 is 1.66 bits per heavy atom. The summed E-state index contributed by atoms with van der Waals surface area (Å²) in [5.41, 5.74) is -0.430. The number of carbonyl (C=O) groups excluding carboxylic acids is 3. The number of phenolic OH excluding ortho intramolecular Hbond substituents is 3. The van der Waals surface area contributed by atoms with E-state index in [1.165, 1.54) is 52.5 Å². The lowest BCUT2D eigenvalue weighted by atomic mass is 9.78. The molecular formula is C42H56N4O12. The van der Waals surface area contributed by atoms with Gasteiger partial charge in [-0.1, -0.05) is 45.9 Å². The van der Waals surface area contributed by atoms with Gasteiger partial charge in [-0.05, 0) is 20.0 Å². The Hall–Kier alpha value is -5.16. The summed E-state index contributed by atoms with van der Waals surface area (Å²) in [6.45, 7) is 13.6. The molecule has 4 heterocycles. The second-order valence-electron chi connectivity index (χ2n) is 15.7. The van der Waals surface area contributed by atoms with Crippen LogP contribution >= 0.6 is 0 Å². The quantitative estimate of drug-likeness (QED) is 0.111. The topological polar surface area (TPSA) is 220 Å². The van der Waals surface area contributed by atoms with Crippen LogP contribution in [-0.4, -0.2) is 130 Å². The van der Waals surface area contributed by atoms with Crippen molar-refractivity contribution in [3.8, 4) is 23.0 Å². The molecule has 6 N–H and O–H groups in total.